The number of hydrogen-bond donors (Lipinski definition) is 1. The molecule has 0 saturated carbocycles. The van der Waals surface area contributed by atoms with E-state index in [2.05, 4.69) is 5.32 Å². The second-order valence-corrected chi connectivity index (χ2v) is 4.34. The van der Waals surface area contributed by atoms with Crippen LogP contribution in [0.1, 0.15) is 24.3 Å². The van der Waals surface area contributed by atoms with Gasteiger partial charge in [-0.2, -0.15) is 0 Å². The molecular weight excluding hydrogens is 240 g/mol. The van der Waals surface area contributed by atoms with Crippen LogP contribution in [0.15, 0.2) is 6.07 Å². The van der Waals surface area contributed by atoms with Crippen molar-refractivity contribution in [2.24, 2.45) is 0 Å². The highest BCUT2D eigenvalue weighted by atomic mass is 19.1. The molecule has 0 spiro atoms. The van der Waals surface area contributed by atoms with Gasteiger partial charge in [-0.05, 0) is 31.8 Å². The van der Waals surface area contributed by atoms with Crippen LogP contribution in [0.3, 0.4) is 0 Å². The third-order valence-electron chi connectivity index (χ3n) is 3.33. The molecule has 0 aliphatic carbocycles. The minimum absolute atomic E-state index is 0.0209. The summed E-state index contributed by atoms with van der Waals surface area (Å²) in [5.41, 5.74) is 0.428. The topological polar surface area (TPSA) is 30.5 Å². The van der Waals surface area contributed by atoms with Gasteiger partial charge in [0.25, 0.3) is 0 Å². The quantitative estimate of drug-likeness (QED) is 0.902. The van der Waals surface area contributed by atoms with Crippen molar-refractivity contribution in [2.75, 3.05) is 27.3 Å². The Hall–Kier alpha value is -1.36. The van der Waals surface area contributed by atoms with Crippen molar-refractivity contribution in [1.29, 1.82) is 0 Å². The van der Waals surface area contributed by atoms with Gasteiger partial charge in [0.05, 0.1) is 14.2 Å². The molecule has 1 aromatic carbocycles. The van der Waals surface area contributed by atoms with Crippen LogP contribution in [0.25, 0.3) is 0 Å². The van der Waals surface area contributed by atoms with Crippen molar-refractivity contribution in [3.63, 3.8) is 0 Å². The van der Waals surface area contributed by atoms with E-state index in [9.17, 15) is 8.78 Å². The van der Waals surface area contributed by atoms with Gasteiger partial charge in [0, 0.05) is 11.6 Å². The molecule has 0 atom stereocenters. The smallest absolute Gasteiger partial charge is 0.197 e. The van der Waals surface area contributed by atoms with Crippen LogP contribution in [-0.4, -0.2) is 27.3 Å². The second kappa shape index (κ2) is 5.52. The SMILES string of the molecule is COc1c(F)cc(F)c(C2CCNCC2)c1OC. The van der Waals surface area contributed by atoms with E-state index in [-0.39, 0.29) is 17.4 Å². The lowest BCUT2D eigenvalue weighted by atomic mass is 9.89. The van der Waals surface area contributed by atoms with E-state index in [1.807, 2.05) is 0 Å². The zero-order chi connectivity index (χ0) is 13.1. The fourth-order valence-corrected chi connectivity index (χ4v) is 2.48. The molecular formula is C13H17F2NO2. The van der Waals surface area contributed by atoms with Crippen LogP contribution in [0.2, 0.25) is 0 Å². The Morgan fingerprint density at radius 1 is 1.06 bits per heavy atom. The molecule has 0 radical (unpaired) electrons. The van der Waals surface area contributed by atoms with Crippen LogP contribution >= 0.6 is 0 Å². The summed E-state index contributed by atoms with van der Waals surface area (Å²) in [6.45, 7) is 1.65. The number of halogens is 2. The first-order chi connectivity index (χ1) is 8.69. The molecule has 3 nitrogen and oxygen atoms in total. The maximum Gasteiger partial charge on any atom is 0.197 e. The van der Waals surface area contributed by atoms with E-state index >= 15 is 0 Å². The summed E-state index contributed by atoms with van der Waals surface area (Å²) in [6.07, 6.45) is 1.62. The Labute approximate surface area is 105 Å². The number of benzene rings is 1. The molecule has 1 aliphatic heterocycles. The van der Waals surface area contributed by atoms with Gasteiger partial charge in [-0.25, -0.2) is 8.78 Å². The minimum Gasteiger partial charge on any atom is -0.492 e. The summed E-state index contributed by atoms with van der Waals surface area (Å²) in [4.78, 5) is 0. The number of nitrogens with one attached hydrogen (secondary N) is 1. The average molecular weight is 257 g/mol. The van der Waals surface area contributed by atoms with Gasteiger partial charge >= 0.3 is 0 Å². The first kappa shape index (κ1) is 13.1. The van der Waals surface area contributed by atoms with Crippen molar-refractivity contribution < 1.29 is 18.3 Å². The lowest BCUT2D eigenvalue weighted by molar-refractivity contribution is 0.322. The van der Waals surface area contributed by atoms with Crippen molar-refractivity contribution >= 4 is 0 Å². The number of rotatable bonds is 3. The van der Waals surface area contributed by atoms with Gasteiger partial charge in [0.15, 0.2) is 17.3 Å². The third-order valence-corrected chi connectivity index (χ3v) is 3.33. The standard InChI is InChI=1S/C13H17F2NO2/c1-17-12-10(15)7-9(14)11(13(12)18-2)8-3-5-16-6-4-8/h7-8,16H,3-6H2,1-2H3. The van der Waals surface area contributed by atoms with Gasteiger partial charge in [-0.1, -0.05) is 0 Å². The first-order valence-electron chi connectivity index (χ1n) is 5.99. The summed E-state index contributed by atoms with van der Waals surface area (Å²) in [5.74, 6) is -1.09. The molecule has 100 valence electrons. The van der Waals surface area contributed by atoms with Gasteiger partial charge in [-0.3, -0.25) is 0 Å². The van der Waals surface area contributed by atoms with Gasteiger partial charge < -0.3 is 14.8 Å². The van der Waals surface area contributed by atoms with Crippen LogP contribution in [-0.2, 0) is 0 Å². The zero-order valence-electron chi connectivity index (χ0n) is 10.6. The van der Waals surface area contributed by atoms with E-state index in [1.165, 1.54) is 14.2 Å². The van der Waals surface area contributed by atoms with E-state index < -0.39 is 11.6 Å². The van der Waals surface area contributed by atoms with Gasteiger partial charge in [-0.15, -0.1) is 0 Å². The molecule has 1 fully saturated rings. The predicted octanol–water partition coefficient (Wildman–Crippen LogP) is 2.45. The average Bonchev–Trinajstić information content (AvgIpc) is 2.38. The zero-order valence-corrected chi connectivity index (χ0v) is 10.6. The Morgan fingerprint density at radius 3 is 2.22 bits per heavy atom. The Balaban J connectivity index is 2.49. The summed E-state index contributed by atoms with van der Waals surface area (Å²) in [6, 6.07) is 0.874. The third kappa shape index (κ3) is 2.27. The Morgan fingerprint density at radius 2 is 1.67 bits per heavy atom. The van der Waals surface area contributed by atoms with E-state index in [4.69, 9.17) is 9.47 Å². The van der Waals surface area contributed by atoms with E-state index in [0.717, 1.165) is 32.0 Å². The predicted molar refractivity (Wildman–Crippen MR) is 64.3 cm³/mol. The number of methoxy groups -OCH3 is 2. The highest BCUT2D eigenvalue weighted by Crippen LogP contribution is 2.42. The first-order valence-corrected chi connectivity index (χ1v) is 5.99. The summed E-state index contributed by atoms with van der Waals surface area (Å²) in [5, 5.41) is 3.21. The summed E-state index contributed by atoms with van der Waals surface area (Å²) >= 11 is 0. The van der Waals surface area contributed by atoms with Crippen molar-refractivity contribution in [3.8, 4) is 11.5 Å². The van der Waals surface area contributed by atoms with Gasteiger partial charge in [0.2, 0.25) is 0 Å². The largest absolute Gasteiger partial charge is 0.492 e. The molecule has 1 saturated heterocycles. The number of hydrogen-bond acceptors (Lipinski definition) is 3. The number of ether oxygens (including phenoxy) is 2. The lowest BCUT2D eigenvalue weighted by Crippen LogP contribution is -2.27. The molecule has 1 aromatic rings. The molecule has 0 aromatic heterocycles. The van der Waals surface area contributed by atoms with Crippen LogP contribution < -0.4 is 14.8 Å². The van der Waals surface area contributed by atoms with Crippen LogP contribution in [0.5, 0.6) is 11.5 Å². The number of piperidine rings is 1. The van der Waals surface area contributed by atoms with E-state index in [1.54, 1.807) is 0 Å². The fourth-order valence-electron chi connectivity index (χ4n) is 2.48. The van der Waals surface area contributed by atoms with Crippen LogP contribution in [0, 0.1) is 11.6 Å². The van der Waals surface area contributed by atoms with Crippen molar-refractivity contribution in [1.82, 2.24) is 5.32 Å². The monoisotopic (exact) mass is 257 g/mol. The summed E-state index contributed by atoms with van der Waals surface area (Å²) in [7, 11) is 2.76. The molecule has 5 heteroatoms. The Kier molecular flexibility index (Phi) is 4.01. The molecule has 1 heterocycles. The highest BCUT2D eigenvalue weighted by Gasteiger charge is 2.27. The maximum absolute atomic E-state index is 14.0. The minimum atomic E-state index is -0.732. The normalized spacial score (nSPS) is 16.7. The Bertz CT molecular complexity index is 431. The summed E-state index contributed by atoms with van der Waals surface area (Å²) < 4.78 is 37.7. The van der Waals surface area contributed by atoms with Crippen molar-refractivity contribution in [2.45, 2.75) is 18.8 Å². The highest BCUT2D eigenvalue weighted by molar-refractivity contribution is 5.50. The van der Waals surface area contributed by atoms with Crippen LogP contribution in [0.4, 0.5) is 8.78 Å². The maximum atomic E-state index is 14.0. The van der Waals surface area contributed by atoms with Gasteiger partial charge in [0.1, 0.15) is 5.82 Å². The fraction of sp³-hybridized carbons (Fsp3) is 0.538. The molecule has 2 rings (SSSR count). The molecule has 0 amide bonds. The lowest BCUT2D eigenvalue weighted by Gasteiger charge is -2.25. The van der Waals surface area contributed by atoms with Crippen molar-refractivity contribution in [3.05, 3.63) is 23.3 Å². The van der Waals surface area contributed by atoms with E-state index in [0.29, 0.717) is 5.56 Å². The molecule has 1 N–H and O–H groups in total. The molecule has 0 unspecified atom stereocenters. The molecule has 0 bridgehead atoms. The second-order valence-electron chi connectivity index (χ2n) is 4.34. The molecule has 18 heavy (non-hydrogen) atoms. The molecule has 1 aliphatic rings.